The van der Waals surface area contributed by atoms with E-state index < -0.39 is 0 Å². The third kappa shape index (κ3) is 4.00. The molecule has 0 saturated heterocycles. The Labute approximate surface area is 129 Å². The van der Waals surface area contributed by atoms with Crippen molar-refractivity contribution in [2.45, 2.75) is 39.5 Å². The number of rotatable bonds is 8. The minimum atomic E-state index is -0.185. The third-order valence-corrected chi connectivity index (χ3v) is 3.57. The molecule has 0 amide bonds. The number of carbonyl (C=O) groups excluding carboxylic acids is 1. The van der Waals surface area contributed by atoms with E-state index in [1.165, 1.54) is 6.33 Å². The van der Waals surface area contributed by atoms with Gasteiger partial charge in [0.25, 0.3) is 5.78 Å². The highest BCUT2D eigenvalue weighted by Crippen LogP contribution is 2.15. The molecule has 120 valence electrons. The van der Waals surface area contributed by atoms with Crippen LogP contribution in [0.15, 0.2) is 6.33 Å². The summed E-state index contributed by atoms with van der Waals surface area (Å²) in [7, 11) is 1.66. The Morgan fingerprint density at radius 1 is 1.27 bits per heavy atom. The van der Waals surface area contributed by atoms with Crippen LogP contribution in [0.5, 0.6) is 0 Å². The first-order chi connectivity index (χ1) is 10.6. The van der Waals surface area contributed by atoms with Gasteiger partial charge < -0.3 is 9.47 Å². The highest BCUT2D eigenvalue weighted by atomic mass is 16.5. The third-order valence-electron chi connectivity index (χ3n) is 3.57. The molecule has 2 aromatic rings. The fourth-order valence-corrected chi connectivity index (χ4v) is 2.35. The van der Waals surface area contributed by atoms with E-state index >= 15 is 0 Å². The van der Waals surface area contributed by atoms with Crippen molar-refractivity contribution in [1.82, 2.24) is 19.6 Å². The molecule has 2 heterocycles. The topological polar surface area (TPSA) is 78.6 Å². The molecule has 0 spiro atoms. The Bertz CT molecular complexity index is 639. The highest BCUT2D eigenvalue weighted by Gasteiger charge is 2.13. The van der Waals surface area contributed by atoms with Gasteiger partial charge in [0.2, 0.25) is 0 Å². The van der Waals surface area contributed by atoms with Gasteiger partial charge in [-0.05, 0) is 38.7 Å². The number of ether oxygens (including phenoxy) is 2. The summed E-state index contributed by atoms with van der Waals surface area (Å²) < 4.78 is 11.9. The summed E-state index contributed by atoms with van der Waals surface area (Å²) in [6.07, 6.45) is 4.14. The van der Waals surface area contributed by atoms with Crippen molar-refractivity contribution >= 4 is 11.7 Å². The lowest BCUT2D eigenvalue weighted by molar-refractivity contribution is -0.143. The monoisotopic (exact) mass is 306 g/mol. The van der Waals surface area contributed by atoms with Crippen molar-refractivity contribution in [2.75, 3.05) is 20.3 Å². The van der Waals surface area contributed by atoms with E-state index in [9.17, 15) is 4.79 Å². The molecule has 2 rings (SSSR count). The summed E-state index contributed by atoms with van der Waals surface area (Å²) in [5.41, 5.74) is 2.87. The van der Waals surface area contributed by atoms with Gasteiger partial charge >= 0.3 is 5.97 Å². The Morgan fingerprint density at radius 3 is 2.82 bits per heavy atom. The zero-order valence-corrected chi connectivity index (χ0v) is 13.3. The number of esters is 1. The molecule has 0 aliphatic heterocycles. The second kappa shape index (κ2) is 7.84. The molecule has 0 saturated carbocycles. The predicted octanol–water partition coefficient (Wildman–Crippen LogP) is 1.64. The normalized spacial score (nSPS) is 11.0. The summed E-state index contributed by atoms with van der Waals surface area (Å²) in [6, 6.07) is 0. The van der Waals surface area contributed by atoms with Crippen molar-refractivity contribution in [2.24, 2.45) is 0 Å². The Kier molecular flexibility index (Phi) is 5.83. The zero-order valence-electron chi connectivity index (χ0n) is 13.3. The van der Waals surface area contributed by atoms with Crippen LogP contribution in [-0.2, 0) is 20.7 Å². The maximum atomic E-state index is 11.8. The van der Waals surface area contributed by atoms with Gasteiger partial charge in [-0.25, -0.2) is 9.50 Å². The quantitative estimate of drug-likeness (QED) is 0.545. The Hall–Kier alpha value is -2.02. The fourth-order valence-electron chi connectivity index (χ4n) is 2.35. The molecule has 0 aliphatic rings. The van der Waals surface area contributed by atoms with Crippen LogP contribution in [-0.4, -0.2) is 45.9 Å². The molecule has 0 bridgehead atoms. The van der Waals surface area contributed by atoms with Crippen LogP contribution in [0, 0.1) is 13.8 Å². The van der Waals surface area contributed by atoms with Crippen LogP contribution in [0.4, 0.5) is 0 Å². The molecule has 0 radical (unpaired) electrons. The summed E-state index contributed by atoms with van der Waals surface area (Å²) in [5.74, 6) is 0.398. The minimum Gasteiger partial charge on any atom is -0.466 e. The van der Waals surface area contributed by atoms with Crippen LogP contribution >= 0.6 is 0 Å². The van der Waals surface area contributed by atoms with E-state index in [1.54, 1.807) is 11.6 Å². The maximum Gasteiger partial charge on any atom is 0.306 e. The van der Waals surface area contributed by atoms with Crippen LogP contribution < -0.4 is 0 Å². The number of fused-ring (bicyclic) bond motifs is 1. The van der Waals surface area contributed by atoms with Gasteiger partial charge in [0.1, 0.15) is 6.33 Å². The van der Waals surface area contributed by atoms with Gasteiger partial charge in [-0.3, -0.25) is 4.79 Å². The van der Waals surface area contributed by atoms with E-state index in [-0.39, 0.29) is 5.97 Å². The lowest BCUT2D eigenvalue weighted by Gasteiger charge is -2.10. The summed E-state index contributed by atoms with van der Waals surface area (Å²) in [6.45, 7) is 5.02. The van der Waals surface area contributed by atoms with Gasteiger partial charge in [0, 0.05) is 31.5 Å². The molecular formula is C15H22N4O3. The van der Waals surface area contributed by atoms with Gasteiger partial charge in [-0.1, -0.05) is 0 Å². The van der Waals surface area contributed by atoms with Crippen molar-refractivity contribution in [3.63, 3.8) is 0 Å². The molecule has 7 nitrogen and oxygen atoms in total. The van der Waals surface area contributed by atoms with Gasteiger partial charge in [-0.2, -0.15) is 10.1 Å². The lowest BCUT2D eigenvalue weighted by atomic mass is 10.1. The first-order valence-corrected chi connectivity index (χ1v) is 7.44. The van der Waals surface area contributed by atoms with Crippen molar-refractivity contribution in [3.05, 3.63) is 23.3 Å². The van der Waals surface area contributed by atoms with Crippen molar-refractivity contribution in [3.8, 4) is 0 Å². The molecule has 22 heavy (non-hydrogen) atoms. The molecule has 0 aromatic carbocycles. The second-order valence-corrected chi connectivity index (χ2v) is 5.15. The maximum absolute atomic E-state index is 11.8. The number of carbonyl (C=O) groups is 1. The number of methoxy groups -OCH3 is 1. The lowest BCUT2D eigenvalue weighted by Crippen LogP contribution is -2.11. The highest BCUT2D eigenvalue weighted by molar-refractivity contribution is 5.69. The molecule has 0 fully saturated rings. The number of aromatic nitrogens is 4. The number of nitrogens with zero attached hydrogens (tertiary/aromatic N) is 4. The molecule has 0 aliphatic carbocycles. The van der Waals surface area contributed by atoms with Crippen LogP contribution in [0.25, 0.3) is 5.78 Å². The van der Waals surface area contributed by atoms with E-state index in [2.05, 4.69) is 15.1 Å². The molecular weight excluding hydrogens is 284 g/mol. The predicted molar refractivity (Wildman–Crippen MR) is 80.6 cm³/mol. The van der Waals surface area contributed by atoms with E-state index in [1.807, 2.05) is 13.8 Å². The van der Waals surface area contributed by atoms with E-state index in [4.69, 9.17) is 9.47 Å². The number of hydrogen-bond acceptors (Lipinski definition) is 6. The fraction of sp³-hybridized carbons (Fsp3) is 0.600. The van der Waals surface area contributed by atoms with Crippen LogP contribution in [0.1, 0.15) is 36.2 Å². The smallest absolute Gasteiger partial charge is 0.306 e. The van der Waals surface area contributed by atoms with E-state index in [0.717, 1.165) is 29.8 Å². The second-order valence-electron chi connectivity index (χ2n) is 5.15. The molecule has 0 unspecified atom stereocenters. The largest absolute Gasteiger partial charge is 0.466 e. The first-order valence-electron chi connectivity index (χ1n) is 7.44. The SMILES string of the molecule is COCCCCOC(=O)CCc1c(C)nc2ncnn2c1C. The molecule has 7 heteroatoms. The summed E-state index contributed by atoms with van der Waals surface area (Å²) in [4.78, 5) is 20.3. The summed E-state index contributed by atoms with van der Waals surface area (Å²) in [5, 5.41) is 4.14. The van der Waals surface area contributed by atoms with Gasteiger partial charge in [0.05, 0.1) is 6.61 Å². The van der Waals surface area contributed by atoms with Crippen LogP contribution in [0.3, 0.4) is 0 Å². The zero-order chi connectivity index (χ0) is 15.9. The molecule has 0 atom stereocenters. The number of aryl methyl sites for hydroxylation is 2. The first kappa shape index (κ1) is 16.4. The molecule has 0 N–H and O–H groups in total. The average Bonchev–Trinajstić information content (AvgIpc) is 2.95. The molecule has 2 aromatic heterocycles. The average molecular weight is 306 g/mol. The van der Waals surface area contributed by atoms with Crippen LogP contribution in [0.2, 0.25) is 0 Å². The van der Waals surface area contributed by atoms with Gasteiger partial charge in [0.15, 0.2) is 0 Å². The Balaban J connectivity index is 1.87. The van der Waals surface area contributed by atoms with Gasteiger partial charge in [-0.15, -0.1) is 0 Å². The van der Waals surface area contributed by atoms with E-state index in [0.29, 0.717) is 31.8 Å². The minimum absolute atomic E-state index is 0.185. The van der Waals surface area contributed by atoms with Crippen molar-refractivity contribution < 1.29 is 14.3 Å². The standard InChI is InChI=1S/C15H22N4O3/c1-11-13(12(2)19-15(18-11)16-10-17-19)6-7-14(20)22-9-5-4-8-21-3/h10H,4-9H2,1-3H3. The number of hydrogen-bond donors (Lipinski definition) is 0. The Morgan fingerprint density at radius 2 is 2.05 bits per heavy atom. The van der Waals surface area contributed by atoms with Crippen molar-refractivity contribution in [1.29, 1.82) is 0 Å². The summed E-state index contributed by atoms with van der Waals surface area (Å²) >= 11 is 0. The number of unbranched alkanes of at least 4 members (excludes halogenated alkanes) is 1.